The van der Waals surface area contributed by atoms with Crippen LogP contribution in [-0.2, 0) is 16.6 Å². The first-order chi connectivity index (χ1) is 13.4. The Labute approximate surface area is 164 Å². The Hall–Kier alpha value is -2.94. The molecule has 2 aromatic heterocycles. The number of aromatic nitrogens is 3. The molecule has 0 spiro atoms. The van der Waals surface area contributed by atoms with Crippen LogP contribution in [0.1, 0.15) is 6.42 Å². The minimum atomic E-state index is -0.341. The number of likely N-dealkylation sites (N-methyl/N-ethyl adjacent to an activating group) is 1. The molecule has 1 aliphatic rings. The fourth-order valence-electron chi connectivity index (χ4n) is 3.39. The maximum Gasteiger partial charge on any atom is 0.323 e. The van der Waals surface area contributed by atoms with E-state index in [0.29, 0.717) is 25.3 Å². The number of esters is 1. The van der Waals surface area contributed by atoms with E-state index in [-0.39, 0.29) is 24.0 Å². The van der Waals surface area contributed by atoms with Crippen molar-refractivity contribution in [3.8, 4) is 11.1 Å². The summed E-state index contributed by atoms with van der Waals surface area (Å²) >= 11 is 0. The number of likely N-dealkylation sites (tertiary alicyclic amines) is 1. The maximum absolute atomic E-state index is 12.8. The molecule has 9 nitrogen and oxygen atoms in total. The molecule has 2 atom stereocenters. The second kappa shape index (κ2) is 8.39. The summed E-state index contributed by atoms with van der Waals surface area (Å²) in [6.07, 6.45) is 5.97. The number of nitrogens with zero attached hydrogens (tertiary/aromatic N) is 5. The minimum Gasteiger partial charge on any atom is -0.469 e. The number of aryl methyl sites for hydroxylation is 1. The van der Waals surface area contributed by atoms with E-state index in [0.717, 1.165) is 11.1 Å². The molecule has 3 heterocycles. The van der Waals surface area contributed by atoms with Gasteiger partial charge in [0.2, 0.25) is 0 Å². The van der Waals surface area contributed by atoms with Crippen LogP contribution in [0, 0.1) is 5.92 Å². The second-order valence-electron chi connectivity index (χ2n) is 7.24. The van der Waals surface area contributed by atoms with E-state index in [4.69, 9.17) is 4.74 Å². The van der Waals surface area contributed by atoms with Crippen molar-refractivity contribution in [2.45, 2.75) is 12.5 Å². The number of anilines is 1. The number of rotatable bonds is 4. The molecule has 0 bridgehead atoms. The molecule has 2 aromatic rings. The van der Waals surface area contributed by atoms with Gasteiger partial charge in [-0.2, -0.15) is 5.10 Å². The smallest absolute Gasteiger partial charge is 0.323 e. The summed E-state index contributed by atoms with van der Waals surface area (Å²) in [5, 5.41) is 7.01. The molecule has 28 heavy (non-hydrogen) atoms. The Morgan fingerprint density at radius 3 is 2.71 bits per heavy atom. The molecule has 2 amide bonds. The van der Waals surface area contributed by atoms with Crippen LogP contribution in [0.4, 0.5) is 10.6 Å². The van der Waals surface area contributed by atoms with Gasteiger partial charge in [-0.05, 0) is 38.2 Å². The zero-order valence-electron chi connectivity index (χ0n) is 16.6. The van der Waals surface area contributed by atoms with Crippen molar-refractivity contribution >= 4 is 17.8 Å². The molecule has 1 aliphatic heterocycles. The van der Waals surface area contributed by atoms with Crippen molar-refractivity contribution in [3.05, 3.63) is 30.7 Å². The fourth-order valence-corrected chi connectivity index (χ4v) is 3.39. The first kappa shape index (κ1) is 19.8. The van der Waals surface area contributed by atoms with E-state index >= 15 is 0 Å². The molecule has 150 valence electrons. The van der Waals surface area contributed by atoms with Gasteiger partial charge < -0.3 is 14.5 Å². The lowest BCUT2D eigenvalue weighted by atomic mass is 9.94. The van der Waals surface area contributed by atoms with Crippen LogP contribution in [0.15, 0.2) is 30.7 Å². The van der Waals surface area contributed by atoms with Gasteiger partial charge in [-0.15, -0.1) is 0 Å². The molecule has 0 aliphatic carbocycles. The Balaban J connectivity index is 1.73. The highest BCUT2D eigenvalue weighted by Crippen LogP contribution is 2.23. The zero-order valence-corrected chi connectivity index (χ0v) is 16.6. The van der Waals surface area contributed by atoms with E-state index in [1.165, 1.54) is 7.11 Å². The number of ether oxygens (including phenoxy) is 1. The van der Waals surface area contributed by atoms with Gasteiger partial charge in [0, 0.05) is 44.1 Å². The Morgan fingerprint density at radius 1 is 1.29 bits per heavy atom. The van der Waals surface area contributed by atoms with Crippen molar-refractivity contribution in [1.29, 1.82) is 0 Å². The predicted molar refractivity (Wildman–Crippen MR) is 105 cm³/mol. The lowest BCUT2D eigenvalue weighted by Crippen LogP contribution is -2.53. The van der Waals surface area contributed by atoms with Gasteiger partial charge in [0.1, 0.15) is 5.82 Å². The lowest BCUT2D eigenvalue weighted by molar-refractivity contribution is -0.147. The van der Waals surface area contributed by atoms with Crippen molar-refractivity contribution in [3.63, 3.8) is 0 Å². The standard InChI is InChI=1S/C19H26N6O3/c1-23(2)16-7-14(18(26)28-4)11-25(12-16)19(27)22-17-8-13(5-6-20-17)15-9-21-24(3)10-15/h5-6,8-10,14,16H,7,11-12H2,1-4H3,(H,20,22,27). The number of amides is 2. The third-order valence-corrected chi connectivity index (χ3v) is 5.01. The molecular weight excluding hydrogens is 360 g/mol. The topological polar surface area (TPSA) is 92.6 Å². The summed E-state index contributed by atoms with van der Waals surface area (Å²) in [7, 11) is 7.11. The van der Waals surface area contributed by atoms with Crippen LogP contribution in [0.3, 0.4) is 0 Å². The summed E-state index contributed by atoms with van der Waals surface area (Å²) in [6, 6.07) is 3.47. The normalized spacial score (nSPS) is 19.5. The first-order valence-corrected chi connectivity index (χ1v) is 9.12. The van der Waals surface area contributed by atoms with E-state index in [1.54, 1.807) is 28.0 Å². The Kier molecular flexibility index (Phi) is 5.93. The Morgan fingerprint density at radius 2 is 2.07 bits per heavy atom. The minimum absolute atomic E-state index is 0.0817. The van der Waals surface area contributed by atoms with Crippen molar-refractivity contribution in [2.24, 2.45) is 13.0 Å². The highest BCUT2D eigenvalue weighted by atomic mass is 16.5. The largest absolute Gasteiger partial charge is 0.469 e. The average Bonchev–Trinajstić information content (AvgIpc) is 3.13. The van der Waals surface area contributed by atoms with E-state index in [9.17, 15) is 9.59 Å². The summed E-state index contributed by atoms with van der Waals surface area (Å²) in [4.78, 5) is 32.8. The molecule has 0 saturated carbocycles. The molecule has 3 rings (SSSR count). The van der Waals surface area contributed by atoms with E-state index in [1.807, 2.05) is 38.3 Å². The SMILES string of the molecule is COC(=O)C1CC(N(C)C)CN(C(=O)Nc2cc(-c3cnn(C)c3)ccn2)C1. The second-order valence-corrected chi connectivity index (χ2v) is 7.24. The number of carbonyl (C=O) groups excluding carboxylic acids is 2. The molecule has 1 fully saturated rings. The first-order valence-electron chi connectivity index (χ1n) is 9.12. The zero-order chi connectivity index (χ0) is 20.3. The molecule has 0 aromatic carbocycles. The van der Waals surface area contributed by atoms with Crippen LogP contribution < -0.4 is 5.32 Å². The molecule has 1 saturated heterocycles. The predicted octanol–water partition coefficient (Wildman–Crippen LogP) is 1.44. The monoisotopic (exact) mass is 386 g/mol. The van der Waals surface area contributed by atoms with Crippen molar-refractivity contribution < 1.29 is 14.3 Å². The van der Waals surface area contributed by atoms with Gasteiger partial charge in [-0.25, -0.2) is 9.78 Å². The van der Waals surface area contributed by atoms with Crippen LogP contribution >= 0.6 is 0 Å². The molecule has 0 radical (unpaired) electrons. The quantitative estimate of drug-likeness (QED) is 0.800. The van der Waals surface area contributed by atoms with Gasteiger partial charge in [0.15, 0.2) is 0 Å². The number of hydrogen-bond donors (Lipinski definition) is 1. The number of pyridine rings is 1. The number of nitrogens with one attached hydrogen (secondary N) is 1. The van der Waals surface area contributed by atoms with Crippen LogP contribution in [-0.4, -0.2) is 76.9 Å². The number of urea groups is 1. The number of piperidine rings is 1. The maximum atomic E-state index is 12.8. The third-order valence-electron chi connectivity index (χ3n) is 5.01. The number of methoxy groups -OCH3 is 1. The van der Waals surface area contributed by atoms with Gasteiger partial charge in [0.25, 0.3) is 0 Å². The highest BCUT2D eigenvalue weighted by Gasteiger charge is 2.35. The van der Waals surface area contributed by atoms with Crippen LogP contribution in [0.2, 0.25) is 0 Å². The van der Waals surface area contributed by atoms with Gasteiger partial charge >= 0.3 is 12.0 Å². The molecule has 9 heteroatoms. The highest BCUT2D eigenvalue weighted by molar-refractivity contribution is 5.89. The summed E-state index contributed by atoms with van der Waals surface area (Å²) < 4.78 is 6.61. The van der Waals surface area contributed by atoms with Gasteiger partial charge in [-0.3, -0.25) is 14.8 Å². The Bertz CT molecular complexity index is 850. The molecular formula is C19H26N6O3. The summed E-state index contributed by atoms with van der Waals surface area (Å²) in [5.41, 5.74) is 1.85. The van der Waals surface area contributed by atoms with Crippen LogP contribution in [0.5, 0.6) is 0 Å². The van der Waals surface area contributed by atoms with E-state index < -0.39 is 0 Å². The van der Waals surface area contributed by atoms with E-state index in [2.05, 4.69) is 15.4 Å². The summed E-state index contributed by atoms with van der Waals surface area (Å²) in [5.74, 6) is -0.180. The van der Waals surface area contributed by atoms with Crippen molar-refractivity contribution in [2.75, 3.05) is 39.6 Å². The van der Waals surface area contributed by atoms with Crippen LogP contribution in [0.25, 0.3) is 11.1 Å². The van der Waals surface area contributed by atoms with Gasteiger partial charge in [0.05, 0.1) is 19.2 Å². The molecule has 1 N–H and O–H groups in total. The number of hydrogen-bond acceptors (Lipinski definition) is 6. The fraction of sp³-hybridized carbons (Fsp3) is 0.474. The lowest BCUT2D eigenvalue weighted by Gasteiger charge is -2.39. The van der Waals surface area contributed by atoms with Gasteiger partial charge in [-0.1, -0.05) is 0 Å². The third kappa shape index (κ3) is 4.48. The average molecular weight is 386 g/mol. The summed E-state index contributed by atoms with van der Waals surface area (Å²) in [6.45, 7) is 0.861. The van der Waals surface area contributed by atoms with Crippen molar-refractivity contribution in [1.82, 2.24) is 24.6 Å². The number of carbonyl (C=O) groups is 2. The molecule has 2 unspecified atom stereocenters.